The van der Waals surface area contributed by atoms with Gasteiger partial charge in [0.05, 0.1) is 11.9 Å². The second kappa shape index (κ2) is 9.56. The van der Waals surface area contributed by atoms with Crippen LogP contribution in [0.4, 0.5) is 0 Å². The van der Waals surface area contributed by atoms with Gasteiger partial charge in [0, 0.05) is 25.5 Å². The molecule has 29 heavy (non-hydrogen) atoms. The smallest absolute Gasteiger partial charge is 0.261 e. The highest BCUT2D eigenvalue weighted by atomic mass is 16.5. The molecule has 0 aliphatic heterocycles. The number of imidazole rings is 1. The molecule has 3 rings (SSSR count). The molecule has 0 fully saturated rings. The summed E-state index contributed by atoms with van der Waals surface area (Å²) in [5.41, 5.74) is 2.56. The predicted molar refractivity (Wildman–Crippen MR) is 110 cm³/mol. The zero-order valence-corrected chi connectivity index (χ0v) is 16.6. The zero-order chi connectivity index (χ0) is 20.6. The Balaban J connectivity index is 1.64. The minimum absolute atomic E-state index is 0.0469. The number of benzene rings is 2. The fourth-order valence-electron chi connectivity index (χ4n) is 3.01. The number of amides is 1. The molecule has 0 aliphatic rings. The summed E-state index contributed by atoms with van der Waals surface area (Å²) >= 11 is 0. The molecule has 6 nitrogen and oxygen atoms in total. The van der Waals surface area contributed by atoms with E-state index in [1.54, 1.807) is 36.8 Å². The van der Waals surface area contributed by atoms with Crippen LogP contribution in [0.5, 0.6) is 5.75 Å². The molecule has 0 saturated heterocycles. The molecule has 1 unspecified atom stereocenters. The van der Waals surface area contributed by atoms with Crippen LogP contribution >= 0.6 is 0 Å². The van der Waals surface area contributed by atoms with Crippen LogP contribution in [0.15, 0.2) is 67.3 Å². The first kappa shape index (κ1) is 20.2. The number of nitrogens with zero attached hydrogens (tertiary/aromatic N) is 3. The van der Waals surface area contributed by atoms with Gasteiger partial charge >= 0.3 is 0 Å². The van der Waals surface area contributed by atoms with Crippen molar-refractivity contribution in [2.45, 2.75) is 33.0 Å². The lowest BCUT2D eigenvalue weighted by atomic mass is 10.1. The van der Waals surface area contributed by atoms with Crippen molar-refractivity contribution in [2.24, 2.45) is 5.92 Å². The van der Waals surface area contributed by atoms with Gasteiger partial charge in [0.1, 0.15) is 11.8 Å². The van der Waals surface area contributed by atoms with Crippen molar-refractivity contribution in [1.29, 1.82) is 5.26 Å². The lowest BCUT2D eigenvalue weighted by molar-refractivity contribution is -0.130. The van der Waals surface area contributed by atoms with E-state index in [1.165, 1.54) is 0 Å². The number of carbonyl (C=O) groups excluding carboxylic acids is 1. The maximum Gasteiger partial charge on any atom is 0.261 e. The van der Waals surface area contributed by atoms with Gasteiger partial charge in [-0.3, -0.25) is 4.79 Å². The summed E-state index contributed by atoms with van der Waals surface area (Å²) in [7, 11) is 0. The highest BCUT2D eigenvalue weighted by Gasteiger charge is 2.25. The molecule has 0 spiro atoms. The number of rotatable bonds is 8. The van der Waals surface area contributed by atoms with E-state index >= 15 is 0 Å². The van der Waals surface area contributed by atoms with Gasteiger partial charge in [-0.05, 0) is 29.2 Å². The van der Waals surface area contributed by atoms with Crippen molar-refractivity contribution in [2.75, 3.05) is 0 Å². The summed E-state index contributed by atoms with van der Waals surface area (Å²) in [4.78, 5) is 16.8. The van der Waals surface area contributed by atoms with E-state index in [4.69, 9.17) is 4.74 Å². The van der Waals surface area contributed by atoms with E-state index in [0.29, 0.717) is 17.9 Å². The summed E-state index contributed by atoms with van der Waals surface area (Å²) in [6.45, 7) is 4.98. The number of para-hydroxylation sites is 1. The predicted octanol–water partition coefficient (Wildman–Crippen LogP) is 3.52. The van der Waals surface area contributed by atoms with Gasteiger partial charge in [-0.1, -0.05) is 50.2 Å². The van der Waals surface area contributed by atoms with E-state index in [9.17, 15) is 10.1 Å². The Hall–Kier alpha value is -3.59. The number of nitriles is 1. The average molecular weight is 388 g/mol. The fourth-order valence-corrected chi connectivity index (χ4v) is 3.01. The van der Waals surface area contributed by atoms with E-state index in [0.717, 1.165) is 17.7 Å². The quantitative estimate of drug-likeness (QED) is 0.640. The van der Waals surface area contributed by atoms with Gasteiger partial charge in [-0.15, -0.1) is 0 Å². The van der Waals surface area contributed by atoms with Crippen LogP contribution in [0.3, 0.4) is 0 Å². The number of hydrogen-bond donors (Lipinski definition) is 1. The van der Waals surface area contributed by atoms with Crippen LogP contribution in [-0.4, -0.2) is 21.6 Å². The molecule has 0 bridgehead atoms. The molecule has 1 aromatic heterocycles. The van der Waals surface area contributed by atoms with Gasteiger partial charge in [-0.25, -0.2) is 4.98 Å². The summed E-state index contributed by atoms with van der Waals surface area (Å²) in [5.74, 6) is 0.174. The Morgan fingerprint density at radius 3 is 2.72 bits per heavy atom. The first-order valence-corrected chi connectivity index (χ1v) is 9.54. The SMILES string of the molecule is CC(C)C(Oc1ccccc1C#N)C(=O)NCc1cccc(Cn2ccnc2)c1. The van der Waals surface area contributed by atoms with E-state index in [1.807, 2.05) is 42.8 Å². The van der Waals surface area contributed by atoms with Crippen LogP contribution in [0, 0.1) is 17.2 Å². The van der Waals surface area contributed by atoms with Crippen LogP contribution in [-0.2, 0) is 17.9 Å². The summed E-state index contributed by atoms with van der Waals surface area (Å²) in [6, 6.07) is 17.1. The second-order valence-electron chi connectivity index (χ2n) is 7.16. The molecule has 3 aromatic rings. The fraction of sp³-hybridized carbons (Fsp3) is 0.261. The first-order chi connectivity index (χ1) is 14.1. The van der Waals surface area contributed by atoms with Crippen LogP contribution < -0.4 is 10.1 Å². The van der Waals surface area contributed by atoms with Crippen molar-refractivity contribution in [3.63, 3.8) is 0 Å². The zero-order valence-electron chi connectivity index (χ0n) is 16.6. The summed E-state index contributed by atoms with van der Waals surface area (Å²) in [5, 5.41) is 12.2. The van der Waals surface area contributed by atoms with Gasteiger partial charge in [-0.2, -0.15) is 5.26 Å². The maximum atomic E-state index is 12.8. The van der Waals surface area contributed by atoms with Gasteiger partial charge in [0.15, 0.2) is 6.10 Å². The third-order valence-corrected chi connectivity index (χ3v) is 4.51. The van der Waals surface area contributed by atoms with Crippen molar-refractivity contribution < 1.29 is 9.53 Å². The molecular formula is C23H24N4O2. The highest BCUT2D eigenvalue weighted by molar-refractivity contribution is 5.81. The molecule has 0 saturated carbocycles. The number of nitrogens with one attached hydrogen (secondary N) is 1. The third-order valence-electron chi connectivity index (χ3n) is 4.51. The second-order valence-corrected chi connectivity index (χ2v) is 7.16. The van der Waals surface area contributed by atoms with Crippen LogP contribution in [0.1, 0.15) is 30.5 Å². The standard InChI is InChI=1S/C23H24N4O2/c1-17(2)22(29-21-9-4-3-8-20(21)13-24)23(28)26-14-18-6-5-7-19(12-18)15-27-11-10-25-16-27/h3-12,16-17,22H,14-15H2,1-2H3,(H,26,28). The number of ether oxygens (including phenoxy) is 1. The van der Waals surface area contributed by atoms with Crippen molar-refractivity contribution in [3.8, 4) is 11.8 Å². The molecule has 1 N–H and O–H groups in total. The molecule has 2 aromatic carbocycles. The van der Waals surface area contributed by atoms with E-state index < -0.39 is 6.10 Å². The normalized spacial score (nSPS) is 11.7. The van der Waals surface area contributed by atoms with Gasteiger partial charge in [0.25, 0.3) is 5.91 Å². The Kier molecular flexibility index (Phi) is 6.64. The molecule has 1 amide bonds. The molecule has 1 heterocycles. The Labute approximate surface area is 170 Å². The summed E-state index contributed by atoms with van der Waals surface area (Å²) < 4.78 is 7.89. The molecule has 6 heteroatoms. The number of hydrogen-bond acceptors (Lipinski definition) is 4. The molecule has 0 aliphatic carbocycles. The maximum absolute atomic E-state index is 12.8. The van der Waals surface area contributed by atoms with Crippen molar-refractivity contribution in [1.82, 2.24) is 14.9 Å². The Bertz CT molecular complexity index is 990. The average Bonchev–Trinajstić information content (AvgIpc) is 3.23. The highest BCUT2D eigenvalue weighted by Crippen LogP contribution is 2.21. The van der Waals surface area contributed by atoms with Crippen molar-refractivity contribution >= 4 is 5.91 Å². The van der Waals surface area contributed by atoms with Gasteiger partial charge in [0.2, 0.25) is 0 Å². The Morgan fingerprint density at radius 1 is 1.21 bits per heavy atom. The largest absolute Gasteiger partial charge is 0.479 e. The summed E-state index contributed by atoms with van der Waals surface area (Å²) in [6.07, 6.45) is 4.76. The lowest BCUT2D eigenvalue weighted by Gasteiger charge is -2.22. The number of carbonyl (C=O) groups is 1. The molecular weight excluding hydrogens is 364 g/mol. The molecule has 0 radical (unpaired) electrons. The third kappa shape index (κ3) is 5.45. The molecule has 1 atom stereocenters. The minimum atomic E-state index is -0.682. The molecule has 148 valence electrons. The Morgan fingerprint density at radius 2 is 2.00 bits per heavy atom. The van der Waals surface area contributed by atoms with Crippen molar-refractivity contribution in [3.05, 3.63) is 83.9 Å². The van der Waals surface area contributed by atoms with Gasteiger partial charge < -0.3 is 14.6 Å². The first-order valence-electron chi connectivity index (χ1n) is 9.54. The topological polar surface area (TPSA) is 79.9 Å². The minimum Gasteiger partial charge on any atom is -0.479 e. The van der Waals surface area contributed by atoms with E-state index in [-0.39, 0.29) is 11.8 Å². The lowest BCUT2D eigenvalue weighted by Crippen LogP contribution is -2.41. The van der Waals surface area contributed by atoms with Crippen LogP contribution in [0.25, 0.3) is 0 Å². The number of aromatic nitrogens is 2. The van der Waals surface area contributed by atoms with E-state index in [2.05, 4.69) is 22.4 Å². The monoisotopic (exact) mass is 388 g/mol. The van der Waals surface area contributed by atoms with Crippen LogP contribution in [0.2, 0.25) is 0 Å².